The first-order valence-electron chi connectivity index (χ1n) is 7.59. The van der Waals surface area contributed by atoms with Crippen molar-refractivity contribution in [2.45, 2.75) is 0 Å². The van der Waals surface area contributed by atoms with Crippen molar-refractivity contribution in [3.63, 3.8) is 0 Å². The van der Waals surface area contributed by atoms with Gasteiger partial charge in [-0.2, -0.15) is 0 Å². The lowest BCUT2D eigenvalue weighted by molar-refractivity contribution is 0.102. The van der Waals surface area contributed by atoms with Crippen LogP contribution in [0.4, 0.5) is 5.69 Å². The van der Waals surface area contributed by atoms with Crippen molar-refractivity contribution in [2.75, 3.05) is 5.32 Å². The second-order valence-corrected chi connectivity index (χ2v) is 5.55. The smallest absolute Gasteiger partial charge is 0.259 e. The highest BCUT2D eigenvalue weighted by Crippen LogP contribution is 2.28. The van der Waals surface area contributed by atoms with Crippen molar-refractivity contribution < 1.29 is 9.90 Å². The Morgan fingerprint density at radius 3 is 2.44 bits per heavy atom. The second kappa shape index (κ2) is 6.79. The number of pyridine rings is 1. The van der Waals surface area contributed by atoms with Crippen molar-refractivity contribution >= 4 is 45.7 Å². The molecule has 1 amide bonds. The number of hydrogen-bond acceptors (Lipinski definition) is 3. The Labute approximate surface area is 150 Å². The number of nitrogens with zero attached hydrogens (tertiary/aromatic N) is 1. The molecule has 3 aromatic carbocycles. The Morgan fingerprint density at radius 2 is 1.60 bits per heavy atom. The minimum atomic E-state index is -0.365. The Bertz CT molecular complexity index is 1080. The molecule has 0 spiro atoms. The van der Waals surface area contributed by atoms with E-state index in [1.165, 1.54) is 0 Å². The predicted octanol–water partition coefficient (Wildman–Crippen LogP) is 4.77. The van der Waals surface area contributed by atoms with E-state index in [0.29, 0.717) is 11.2 Å². The molecule has 4 nitrogen and oxygen atoms in total. The number of carbonyl (C=O) groups excluding carboxylic acids is 1. The molecule has 4 rings (SSSR count). The SMILES string of the molecule is Cl.O=C(Nc1ccc2ccccc2c1)c1ccc2cccnc2c1O. The van der Waals surface area contributed by atoms with Gasteiger partial charge in [0.15, 0.2) is 5.75 Å². The fourth-order valence-corrected chi connectivity index (χ4v) is 2.78. The molecule has 124 valence electrons. The van der Waals surface area contributed by atoms with Crippen molar-refractivity contribution in [3.05, 3.63) is 78.5 Å². The van der Waals surface area contributed by atoms with Gasteiger partial charge in [-0.05, 0) is 35.0 Å². The average molecular weight is 351 g/mol. The van der Waals surface area contributed by atoms with Crippen molar-refractivity contribution in [1.29, 1.82) is 0 Å². The third kappa shape index (κ3) is 3.12. The van der Waals surface area contributed by atoms with E-state index in [0.717, 1.165) is 16.2 Å². The van der Waals surface area contributed by atoms with Crippen LogP contribution >= 0.6 is 12.4 Å². The van der Waals surface area contributed by atoms with Gasteiger partial charge < -0.3 is 10.4 Å². The van der Waals surface area contributed by atoms with E-state index in [1.54, 1.807) is 24.4 Å². The van der Waals surface area contributed by atoms with Gasteiger partial charge in [0.2, 0.25) is 0 Å². The molecule has 0 unspecified atom stereocenters. The third-order valence-corrected chi connectivity index (χ3v) is 4.00. The van der Waals surface area contributed by atoms with Gasteiger partial charge in [-0.15, -0.1) is 12.4 Å². The monoisotopic (exact) mass is 350 g/mol. The van der Waals surface area contributed by atoms with E-state index in [1.807, 2.05) is 48.5 Å². The first-order valence-corrected chi connectivity index (χ1v) is 7.59. The lowest BCUT2D eigenvalue weighted by Gasteiger charge is -2.09. The van der Waals surface area contributed by atoms with Crippen LogP contribution in [-0.2, 0) is 0 Å². The van der Waals surface area contributed by atoms with Gasteiger partial charge in [0, 0.05) is 17.3 Å². The number of anilines is 1. The third-order valence-electron chi connectivity index (χ3n) is 4.00. The van der Waals surface area contributed by atoms with Gasteiger partial charge in [-0.25, -0.2) is 0 Å². The van der Waals surface area contributed by atoms with Gasteiger partial charge >= 0.3 is 0 Å². The lowest BCUT2D eigenvalue weighted by atomic mass is 10.1. The van der Waals surface area contributed by atoms with Gasteiger partial charge in [-0.3, -0.25) is 9.78 Å². The van der Waals surface area contributed by atoms with Crippen LogP contribution in [0, 0.1) is 0 Å². The molecule has 0 saturated carbocycles. The Balaban J connectivity index is 0.00000182. The molecule has 0 bridgehead atoms. The standard InChI is InChI=1S/C20H14N2O2.ClH/c23-19-17(10-8-14-6-3-11-21-18(14)19)20(24)22-16-9-7-13-4-1-2-5-15(13)12-16;/h1-12,23H,(H,22,24);1H. The van der Waals surface area contributed by atoms with E-state index in [9.17, 15) is 9.90 Å². The number of fused-ring (bicyclic) bond motifs is 2. The second-order valence-electron chi connectivity index (χ2n) is 5.55. The van der Waals surface area contributed by atoms with Gasteiger partial charge in [0.25, 0.3) is 5.91 Å². The maximum absolute atomic E-state index is 12.5. The summed E-state index contributed by atoms with van der Waals surface area (Å²) in [6.45, 7) is 0. The largest absolute Gasteiger partial charge is 0.505 e. The fourth-order valence-electron chi connectivity index (χ4n) is 2.78. The fraction of sp³-hybridized carbons (Fsp3) is 0. The van der Waals surface area contributed by atoms with E-state index in [2.05, 4.69) is 10.3 Å². The normalized spacial score (nSPS) is 10.4. The minimum Gasteiger partial charge on any atom is -0.505 e. The molecule has 25 heavy (non-hydrogen) atoms. The van der Waals surface area contributed by atoms with Crippen LogP contribution in [0.5, 0.6) is 5.75 Å². The van der Waals surface area contributed by atoms with E-state index in [-0.39, 0.29) is 29.6 Å². The molecule has 0 aliphatic carbocycles. The first-order chi connectivity index (χ1) is 11.7. The summed E-state index contributed by atoms with van der Waals surface area (Å²) in [5, 5.41) is 16.1. The predicted molar refractivity (Wildman–Crippen MR) is 103 cm³/mol. The van der Waals surface area contributed by atoms with Crippen molar-refractivity contribution in [1.82, 2.24) is 4.98 Å². The molecule has 0 aliphatic heterocycles. The van der Waals surface area contributed by atoms with Crippen LogP contribution in [-0.4, -0.2) is 16.0 Å². The number of carbonyl (C=O) groups is 1. The van der Waals surface area contributed by atoms with Crippen LogP contribution in [0.1, 0.15) is 10.4 Å². The van der Waals surface area contributed by atoms with Crippen LogP contribution in [0.15, 0.2) is 72.9 Å². The van der Waals surface area contributed by atoms with Crippen LogP contribution in [0.25, 0.3) is 21.7 Å². The van der Waals surface area contributed by atoms with Crippen LogP contribution in [0.2, 0.25) is 0 Å². The Hall–Kier alpha value is -3.11. The number of amides is 1. The first kappa shape index (κ1) is 16.7. The summed E-state index contributed by atoms with van der Waals surface area (Å²) in [4.78, 5) is 16.7. The summed E-state index contributed by atoms with van der Waals surface area (Å²) < 4.78 is 0. The number of rotatable bonds is 2. The molecule has 1 heterocycles. The molecule has 0 atom stereocenters. The molecular weight excluding hydrogens is 336 g/mol. The highest BCUT2D eigenvalue weighted by atomic mass is 35.5. The molecule has 0 saturated heterocycles. The molecular formula is C20H15ClN2O2. The maximum Gasteiger partial charge on any atom is 0.259 e. The number of aromatic nitrogens is 1. The zero-order valence-corrected chi connectivity index (χ0v) is 14.0. The number of halogens is 1. The zero-order chi connectivity index (χ0) is 16.5. The quantitative estimate of drug-likeness (QED) is 0.547. The summed E-state index contributed by atoms with van der Waals surface area (Å²) in [6, 6.07) is 20.6. The highest BCUT2D eigenvalue weighted by Gasteiger charge is 2.14. The summed E-state index contributed by atoms with van der Waals surface area (Å²) >= 11 is 0. The lowest BCUT2D eigenvalue weighted by Crippen LogP contribution is -2.12. The summed E-state index contributed by atoms with van der Waals surface area (Å²) in [6.07, 6.45) is 1.59. The topological polar surface area (TPSA) is 62.2 Å². The summed E-state index contributed by atoms with van der Waals surface area (Å²) in [7, 11) is 0. The zero-order valence-electron chi connectivity index (χ0n) is 13.1. The molecule has 5 heteroatoms. The van der Waals surface area contributed by atoms with Gasteiger partial charge in [-0.1, -0.05) is 42.5 Å². The molecule has 0 aliphatic rings. The number of nitrogens with one attached hydrogen (secondary N) is 1. The Kier molecular flexibility index (Phi) is 4.55. The molecule has 2 N–H and O–H groups in total. The van der Waals surface area contributed by atoms with Gasteiger partial charge in [0.1, 0.15) is 5.52 Å². The highest BCUT2D eigenvalue weighted by molar-refractivity contribution is 6.09. The minimum absolute atomic E-state index is 0. The molecule has 0 fully saturated rings. The number of phenols is 1. The molecule has 0 radical (unpaired) electrons. The Morgan fingerprint density at radius 1 is 0.880 bits per heavy atom. The van der Waals surface area contributed by atoms with Gasteiger partial charge in [0.05, 0.1) is 5.56 Å². The van der Waals surface area contributed by atoms with Crippen molar-refractivity contribution in [2.24, 2.45) is 0 Å². The number of benzene rings is 3. The summed E-state index contributed by atoms with van der Waals surface area (Å²) in [5.74, 6) is -0.471. The number of phenolic OH excluding ortho intramolecular Hbond substituents is 1. The number of aromatic hydroxyl groups is 1. The average Bonchev–Trinajstić information content (AvgIpc) is 2.62. The van der Waals surface area contributed by atoms with Crippen molar-refractivity contribution in [3.8, 4) is 5.75 Å². The van der Waals surface area contributed by atoms with Crippen LogP contribution < -0.4 is 5.32 Å². The van der Waals surface area contributed by atoms with Crippen LogP contribution in [0.3, 0.4) is 0 Å². The number of hydrogen-bond donors (Lipinski definition) is 2. The summed E-state index contributed by atoms with van der Waals surface area (Å²) in [5.41, 5.74) is 1.30. The maximum atomic E-state index is 12.5. The van der Waals surface area contributed by atoms with E-state index >= 15 is 0 Å². The van der Waals surface area contributed by atoms with E-state index in [4.69, 9.17) is 0 Å². The van der Waals surface area contributed by atoms with E-state index < -0.39 is 0 Å². The molecule has 4 aromatic rings. The molecule has 1 aromatic heterocycles.